The lowest BCUT2D eigenvalue weighted by Crippen LogP contribution is -2.55. The summed E-state index contributed by atoms with van der Waals surface area (Å²) in [7, 11) is 1.21. The lowest BCUT2D eigenvalue weighted by molar-refractivity contribution is -0.150. The van der Waals surface area contributed by atoms with Crippen LogP contribution in [0.2, 0.25) is 0 Å². The summed E-state index contributed by atoms with van der Waals surface area (Å²) in [5, 5.41) is 35.8. The van der Waals surface area contributed by atoms with E-state index in [9.17, 15) is 24.9 Å². The van der Waals surface area contributed by atoms with Gasteiger partial charge < -0.3 is 30.7 Å². The maximum Gasteiger partial charge on any atom is 0.252 e. The van der Waals surface area contributed by atoms with Crippen molar-refractivity contribution in [1.29, 1.82) is 0 Å². The first kappa shape index (κ1) is 24.3. The van der Waals surface area contributed by atoms with Crippen molar-refractivity contribution in [1.82, 2.24) is 10.6 Å². The van der Waals surface area contributed by atoms with Crippen LogP contribution in [0, 0.1) is 5.41 Å². The molecule has 1 aliphatic rings. The Bertz CT molecular complexity index is 570. The van der Waals surface area contributed by atoms with Crippen molar-refractivity contribution in [3.8, 4) is 0 Å². The second kappa shape index (κ2) is 11.3. The fraction of sp³-hybridized carbons (Fsp3) is 0.700. The van der Waals surface area contributed by atoms with Gasteiger partial charge >= 0.3 is 0 Å². The van der Waals surface area contributed by atoms with Gasteiger partial charge in [0.2, 0.25) is 5.91 Å². The highest BCUT2D eigenvalue weighted by molar-refractivity contribution is 5.89. The minimum atomic E-state index is -1.68. The molecule has 28 heavy (non-hydrogen) atoms. The van der Waals surface area contributed by atoms with Crippen molar-refractivity contribution < 1.29 is 29.6 Å². The molecule has 0 unspecified atom stereocenters. The molecule has 8 heteroatoms. The van der Waals surface area contributed by atoms with Crippen LogP contribution >= 0.6 is 0 Å². The van der Waals surface area contributed by atoms with Gasteiger partial charge in [-0.2, -0.15) is 0 Å². The molecule has 0 aromatic carbocycles. The quantitative estimate of drug-likeness (QED) is 0.367. The second-order valence-corrected chi connectivity index (χ2v) is 8.09. The number of aliphatic hydroxyl groups is 3. The lowest BCUT2D eigenvalue weighted by Gasteiger charge is -2.28. The third-order valence-corrected chi connectivity index (χ3v) is 4.39. The minimum absolute atomic E-state index is 0.0308. The van der Waals surface area contributed by atoms with Crippen LogP contribution in [0.15, 0.2) is 24.3 Å². The standard InChI is InChI=1S/C20H34N2O6/c1-20(2,3)11-7-5-10-14(23)15(24)16(25)17(28-4)19(27)22-13-9-6-8-12-21-18(13)26/h5,7,10-11,13-17,23-25H,6,8-9,12H2,1-4H3,(H,21,26)(H,22,27)/b10-5+,11-7+/t13-,14+,15-,16+,17+/m0/s1. The molecule has 0 radical (unpaired) electrons. The second-order valence-electron chi connectivity index (χ2n) is 8.09. The van der Waals surface area contributed by atoms with Gasteiger partial charge in [0.05, 0.1) is 0 Å². The van der Waals surface area contributed by atoms with Gasteiger partial charge in [-0.1, -0.05) is 45.1 Å². The molecule has 160 valence electrons. The number of carbonyl (C=O) groups excluding carboxylic acids is 2. The third kappa shape index (κ3) is 8.10. The van der Waals surface area contributed by atoms with Gasteiger partial charge in [0.25, 0.3) is 5.91 Å². The van der Waals surface area contributed by atoms with Crippen LogP contribution in [0.1, 0.15) is 40.0 Å². The number of allylic oxidation sites excluding steroid dienone is 3. The van der Waals surface area contributed by atoms with Crippen LogP contribution in [-0.2, 0) is 14.3 Å². The van der Waals surface area contributed by atoms with E-state index in [1.54, 1.807) is 12.2 Å². The molecule has 1 rings (SSSR count). The monoisotopic (exact) mass is 398 g/mol. The lowest BCUT2D eigenvalue weighted by atomic mass is 9.96. The Morgan fingerprint density at radius 2 is 1.89 bits per heavy atom. The van der Waals surface area contributed by atoms with Gasteiger partial charge in [0.1, 0.15) is 24.4 Å². The van der Waals surface area contributed by atoms with E-state index in [1.807, 2.05) is 26.8 Å². The molecule has 1 aliphatic heterocycles. The number of nitrogens with one attached hydrogen (secondary N) is 2. The van der Waals surface area contributed by atoms with Crippen molar-refractivity contribution in [2.75, 3.05) is 13.7 Å². The Kier molecular flexibility index (Phi) is 9.81. The molecule has 0 spiro atoms. The first-order valence-electron chi connectivity index (χ1n) is 9.58. The van der Waals surface area contributed by atoms with E-state index >= 15 is 0 Å². The smallest absolute Gasteiger partial charge is 0.252 e. The average molecular weight is 399 g/mol. The van der Waals surface area contributed by atoms with Crippen LogP contribution < -0.4 is 10.6 Å². The summed E-state index contributed by atoms with van der Waals surface area (Å²) in [4.78, 5) is 24.4. The van der Waals surface area contributed by atoms with Gasteiger partial charge in [-0.15, -0.1) is 0 Å². The summed E-state index contributed by atoms with van der Waals surface area (Å²) < 4.78 is 5.02. The number of methoxy groups -OCH3 is 1. The number of rotatable bonds is 8. The number of aliphatic hydroxyl groups excluding tert-OH is 3. The predicted molar refractivity (Wildman–Crippen MR) is 105 cm³/mol. The van der Waals surface area contributed by atoms with Crippen LogP contribution in [0.3, 0.4) is 0 Å². The van der Waals surface area contributed by atoms with Gasteiger partial charge in [-0.3, -0.25) is 9.59 Å². The Labute approximate surface area is 166 Å². The van der Waals surface area contributed by atoms with Gasteiger partial charge in [0, 0.05) is 13.7 Å². The van der Waals surface area contributed by atoms with Crippen molar-refractivity contribution in [2.45, 2.75) is 70.5 Å². The normalized spacial score (nSPS) is 23.1. The van der Waals surface area contributed by atoms with E-state index < -0.39 is 36.4 Å². The third-order valence-electron chi connectivity index (χ3n) is 4.39. The van der Waals surface area contributed by atoms with Gasteiger partial charge in [-0.25, -0.2) is 0 Å². The Morgan fingerprint density at radius 1 is 1.21 bits per heavy atom. The molecule has 0 aromatic rings. The van der Waals surface area contributed by atoms with Crippen LogP contribution in [0.25, 0.3) is 0 Å². The summed E-state index contributed by atoms with van der Waals surface area (Å²) in [6, 6.07) is -0.718. The van der Waals surface area contributed by atoms with Crippen molar-refractivity contribution >= 4 is 11.8 Å². The zero-order valence-corrected chi connectivity index (χ0v) is 17.1. The van der Waals surface area contributed by atoms with Crippen molar-refractivity contribution in [2.24, 2.45) is 5.41 Å². The number of hydrogen-bond acceptors (Lipinski definition) is 6. The molecule has 5 N–H and O–H groups in total. The van der Waals surface area contributed by atoms with E-state index in [1.165, 1.54) is 13.2 Å². The predicted octanol–water partition coefficient (Wildman–Crippen LogP) is 0.0275. The summed E-state index contributed by atoms with van der Waals surface area (Å²) >= 11 is 0. The Balaban J connectivity index is 2.70. The van der Waals surface area contributed by atoms with E-state index in [2.05, 4.69) is 10.6 Å². The van der Waals surface area contributed by atoms with E-state index in [4.69, 9.17) is 4.74 Å². The zero-order valence-electron chi connectivity index (χ0n) is 17.1. The average Bonchev–Trinajstić information content (AvgIpc) is 2.82. The first-order chi connectivity index (χ1) is 13.1. The molecular weight excluding hydrogens is 364 g/mol. The fourth-order valence-corrected chi connectivity index (χ4v) is 2.75. The molecule has 0 saturated carbocycles. The minimum Gasteiger partial charge on any atom is -0.387 e. The molecular formula is C20H34N2O6. The molecule has 1 heterocycles. The number of carbonyl (C=O) groups is 2. The van der Waals surface area contributed by atoms with Crippen LogP contribution in [-0.4, -0.2) is 71.2 Å². The maximum absolute atomic E-state index is 12.4. The zero-order chi connectivity index (χ0) is 21.3. The first-order valence-corrected chi connectivity index (χ1v) is 9.58. The molecule has 8 nitrogen and oxygen atoms in total. The van der Waals surface area contributed by atoms with E-state index in [-0.39, 0.29) is 11.3 Å². The SMILES string of the molecule is CO[C@@H](C(=O)N[C@H]1CCCCNC1=O)[C@H](O)[C@@H](O)[C@H](O)/C=C/C=C/C(C)(C)C. The largest absolute Gasteiger partial charge is 0.387 e. The molecule has 1 saturated heterocycles. The fourth-order valence-electron chi connectivity index (χ4n) is 2.75. The summed E-state index contributed by atoms with van der Waals surface area (Å²) in [6.45, 7) is 6.61. The van der Waals surface area contributed by atoms with Crippen molar-refractivity contribution in [3.63, 3.8) is 0 Å². The summed E-state index contributed by atoms with van der Waals surface area (Å²) in [5.41, 5.74) is -0.0308. The van der Waals surface area contributed by atoms with E-state index in [0.29, 0.717) is 13.0 Å². The van der Waals surface area contributed by atoms with Crippen LogP contribution in [0.5, 0.6) is 0 Å². The molecule has 2 amide bonds. The number of ether oxygens (including phenoxy) is 1. The van der Waals surface area contributed by atoms with E-state index in [0.717, 1.165) is 12.8 Å². The molecule has 1 fully saturated rings. The molecule has 0 bridgehead atoms. The van der Waals surface area contributed by atoms with Gasteiger partial charge in [0.15, 0.2) is 6.10 Å². The molecule has 5 atom stereocenters. The summed E-state index contributed by atoms with van der Waals surface area (Å²) in [5.74, 6) is -1.01. The Morgan fingerprint density at radius 3 is 2.50 bits per heavy atom. The highest BCUT2D eigenvalue weighted by Gasteiger charge is 2.36. The van der Waals surface area contributed by atoms with Crippen molar-refractivity contribution in [3.05, 3.63) is 24.3 Å². The number of amides is 2. The maximum atomic E-state index is 12.4. The molecule has 0 aromatic heterocycles. The summed E-state index contributed by atoms with van der Waals surface area (Å²) in [6.07, 6.45) is 2.47. The van der Waals surface area contributed by atoms with Crippen LogP contribution in [0.4, 0.5) is 0 Å². The Hall–Kier alpha value is -1.74. The molecule has 0 aliphatic carbocycles. The topological polar surface area (TPSA) is 128 Å². The highest BCUT2D eigenvalue weighted by atomic mass is 16.5. The van der Waals surface area contributed by atoms with Gasteiger partial charge in [-0.05, 0) is 24.7 Å². The number of hydrogen-bond donors (Lipinski definition) is 5. The highest BCUT2D eigenvalue weighted by Crippen LogP contribution is 2.15.